The van der Waals surface area contributed by atoms with Crippen LogP contribution in [0, 0.1) is 0 Å². The van der Waals surface area contributed by atoms with Crippen molar-refractivity contribution in [1.29, 1.82) is 0 Å². The Morgan fingerprint density at radius 1 is 1.17 bits per heavy atom. The van der Waals surface area contributed by atoms with E-state index in [1.54, 1.807) is 37.6 Å². The normalized spacial score (nSPS) is 15.3. The van der Waals surface area contributed by atoms with Gasteiger partial charge in [-0.2, -0.15) is 5.10 Å². The Kier molecular flexibility index (Phi) is 4.71. The van der Waals surface area contributed by atoms with Gasteiger partial charge in [0.2, 0.25) is 5.88 Å². The number of benzene rings is 1. The van der Waals surface area contributed by atoms with Gasteiger partial charge in [0.05, 0.1) is 12.7 Å². The van der Waals surface area contributed by atoms with Gasteiger partial charge >= 0.3 is 0 Å². The third-order valence-electron chi connectivity index (χ3n) is 3.90. The molecule has 2 heterocycles. The van der Waals surface area contributed by atoms with Crippen LogP contribution in [-0.4, -0.2) is 47.3 Å². The minimum atomic E-state index is 0.000373. The summed E-state index contributed by atoms with van der Waals surface area (Å²) in [6, 6.07) is 10.9. The number of likely N-dealkylation sites (tertiary alicyclic amines) is 1. The molecule has 0 saturated carbocycles. The lowest BCUT2D eigenvalue weighted by Crippen LogP contribution is -2.42. The van der Waals surface area contributed by atoms with Crippen LogP contribution in [0.4, 0.5) is 0 Å². The summed E-state index contributed by atoms with van der Waals surface area (Å²) in [5.74, 6) is 1.14. The van der Waals surface area contributed by atoms with Gasteiger partial charge in [-0.15, -0.1) is 5.10 Å². The standard InChI is InChI=1S/C17H19N3O3/c1-22-15-6-3-2-5-14(15)17(21)20-11-8-13(9-12-20)23-16-7-4-10-18-19-16/h2-7,10,13H,8-9,11-12H2,1H3. The number of carbonyl (C=O) groups excluding carboxylic acids is 1. The minimum Gasteiger partial charge on any atom is -0.496 e. The average Bonchev–Trinajstić information content (AvgIpc) is 2.62. The first-order valence-electron chi connectivity index (χ1n) is 7.64. The van der Waals surface area contributed by atoms with Crippen LogP contribution < -0.4 is 9.47 Å². The van der Waals surface area contributed by atoms with Gasteiger partial charge in [0, 0.05) is 38.2 Å². The number of hydrogen-bond donors (Lipinski definition) is 0. The Morgan fingerprint density at radius 2 is 1.96 bits per heavy atom. The topological polar surface area (TPSA) is 64.5 Å². The number of methoxy groups -OCH3 is 1. The quantitative estimate of drug-likeness (QED) is 0.865. The zero-order chi connectivity index (χ0) is 16.1. The molecule has 1 aromatic carbocycles. The summed E-state index contributed by atoms with van der Waals surface area (Å²) < 4.78 is 11.1. The van der Waals surface area contributed by atoms with Gasteiger partial charge < -0.3 is 14.4 Å². The molecule has 0 spiro atoms. The van der Waals surface area contributed by atoms with Crippen molar-refractivity contribution in [3.63, 3.8) is 0 Å². The largest absolute Gasteiger partial charge is 0.496 e. The Hall–Kier alpha value is -2.63. The second-order valence-corrected chi connectivity index (χ2v) is 5.37. The fourth-order valence-corrected chi connectivity index (χ4v) is 2.69. The van der Waals surface area contributed by atoms with Crippen LogP contribution in [0.2, 0.25) is 0 Å². The highest BCUT2D eigenvalue weighted by atomic mass is 16.5. The van der Waals surface area contributed by atoms with Crippen LogP contribution in [0.3, 0.4) is 0 Å². The summed E-state index contributed by atoms with van der Waals surface area (Å²) in [5, 5.41) is 7.73. The van der Waals surface area contributed by atoms with Crippen LogP contribution in [0.25, 0.3) is 0 Å². The van der Waals surface area contributed by atoms with Crippen LogP contribution in [0.5, 0.6) is 11.6 Å². The molecule has 1 aromatic heterocycles. The van der Waals surface area contributed by atoms with Crippen molar-refractivity contribution in [2.45, 2.75) is 18.9 Å². The van der Waals surface area contributed by atoms with E-state index in [0.717, 1.165) is 12.8 Å². The number of rotatable bonds is 4. The van der Waals surface area contributed by atoms with E-state index in [1.807, 2.05) is 17.0 Å². The second-order valence-electron chi connectivity index (χ2n) is 5.37. The summed E-state index contributed by atoms with van der Waals surface area (Å²) in [7, 11) is 1.58. The molecule has 0 bridgehead atoms. The van der Waals surface area contributed by atoms with Gasteiger partial charge in [0.25, 0.3) is 5.91 Å². The molecule has 120 valence electrons. The number of ether oxygens (including phenoxy) is 2. The zero-order valence-corrected chi connectivity index (χ0v) is 13.0. The molecule has 2 aromatic rings. The van der Waals surface area contributed by atoms with E-state index in [-0.39, 0.29) is 12.0 Å². The van der Waals surface area contributed by atoms with Crippen LogP contribution >= 0.6 is 0 Å². The molecular formula is C17H19N3O3. The zero-order valence-electron chi connectivity index (χ0n) is 13.0. The molecule has 1 saturated heterocycles. The van der Waals surface area contributed by atoms with Crippen LogP contribution in [-0.2, 0) is 0 Å². The van der Waals surface area contributed by atoms with E-state index in [4.69, 9.17) is 9.47 Å². The summed E-state index contributed by atoms with van der Waals surface area (Å²) in [6.07, 6.45) is 3.23. The molecule has 1 amide bonds. The van der Waals surface area contributed by atoms with Gasteiger partial charge in [-0.1, -0.05) is 12.1 Å². The molecule has 0 atom stereocenters. The lowest BCUT2D eigenvalue weighted by Gasteiger charge is -2.32. The molecule has 6 nitrogen and oxygen atoms in total. The first-order valence-corrected chi connectivity index (χ1v) is 7.64. The summed E-state index contributed by atoms with van der Waals surface area (Å²) in [5.41, 5.74) is 0.600. The molecule has 3 rings (SSSR count). The van der Waals surface area contributed by atoms with Crippen molar-refractivity contribution in [2.24, 2.45) is 0 Å². The highest BCUT2D eigenvalue weighted by Gasteiger charge is 2.26. The lowest BCUT2D eigenvalue weighted by atomic mass is 10.1. The smallest absolute Gasteiger partial charge is 0.257 e. The van der Waals surface area contributed by atoms with E-state index < -0.39 is 0 Å². The predicted molar refractivity (Wildman–Crippen MR) is 84.6 cm³/mol. The third kappa shape index (κ3) is 3.59. The van der Waals surface area contributed by atoms with Gasteiger partial charge in [-0.05, 0) is 18.2 Å². The Labute approximate surface area is 135 Å². The van der Waals surface area contributed by atoms with Crippen molar-refractivity contribution in [3.05, 3.63) is 48.2 Å². The van der Waals surface area contributed by atoms with E-state index >= 15 is 0 Å². The molecule has 1 aliphatic heterocycles. The number of para-hydroxylation sites is 1. The number of hydrogen-bond acceptors (Lipinski definition) is 5. The molecular weight excluding hydrogens is 294 g/mol. The monoisotopic (exact) mass is 313 g/mol. The van der Waals surface area contributed by atoms with Gasteiger partial charge in [0.15, 0.2) is 0 Å². The fourth-order valence-electron chi connectivity index (χ4n) is 2.69. The maximum absolute atomic E-state index is 12.6. The highest BCUT2D eigenvalue weighted by Crippen LogP contribution is 2.22. The van der Waals surface area contributed by atoms with Crippen LogP contribution in [0.15, 0.2) is 42.6 Å². The third-order valence-corrected chi connectivity index (χ3v) is 3.90. The van der Waals surface area contributed by atoms with Crippen molar-refractivity contribution in [1.82, 2.24) is 15.1 Å². The van der Waals surface area contributed by atoms with Gasteiger partial charge in [-0.25, -0.2) is 0 Å². The van der Waals surface area contributed by atoms with Crippen molar-refractivity contribution in [2.75, 3.05) is 20.2 Å². The SMILES string of the molecule is COc1ccccc1C(=O)N1CCC(Oc2cccnn2)CC1. The van der Waals surface area contributed by atoms with E-state index in [2.05, 4.69) is 10.2 Å². The molecule has 0 radical (unpaired) electrons. The first-order chi connectivity index (χ1) is 11.3. The number of piperidine rings is 1. The first kappa shape index (κ1) is 15.3. The minimum absolute atomic E-state index is 0.000373. The van der Waals surface area contributed by atoms with Crippen molar-refractivity contribution in [3.8, 4) is 11.6 Å². The highest BCUT2D eigenvalue weighted by molar-refractivity contribution is 5.97. The number of aromatic nitrogens is 2. The second kappa shape index (κ2) is 7.09. The van der Waals surface area contributed by atoms with E-state index in [0.29, 0.717) is 30.3 Å². The van der Waals surface area contributed by atoms with Crippen molar-refractivity contribution >= 4 is 5.91 Å². The van der Waals surface area contributed by atoms with Gasteiger partial charge in [-0.3, -0.25) is 4.79 Å². The Balaban J connectivity index is 1.59. The summed E-state index contributed by atoms with van der Waals surface area (Å²) in [6.45, 7) is 1.31. The molecule has 6 heteroatoms. The molecule has 23 heavy (non-hydrogen) atoms. The molecule has 0 N–H and O–H groups in total. The predicted octanol–water partition coefficient (Wildman–Crippen LogP) is 2.17. The number of carbonyl (C=O) groups is 1. The van der Waals surface area contributed by atoms with Crippen LogP contribution in [0.1, 0.15) is 23.2 Å². The average molecular weight is 313 g/mol. The van der Waals surface area contributed by atoms with E-state index in [1.165, 1.54) is 0 Å². The fraction of sp³-hybridized carbons (Fsp3) is 0.353. The maximum atomic E-state index is 12.6. The molecule has 1 aliphatic rings. The molecule has 0 aliphatic carbocycles. The molecule has 1 fully saturated rings. The Bertz CT molecular complexity index is 655. The van der Waals surface area contributed by atoms with E-state index in [9.17, 15) is 4.79 Å². The lowest BCUT2D eigenvalue weighted by molar-refractivity contribution is 0.0583. The van der Waals surface area contributed by atoms with Gasteiger partial charge in [0.1, 0.15) is 11.9 Å². The molecule has 0 unspecified atom stereocenters. The Morgan fingerprint density at radius 3 is 2.65 bits per heavy atom. The number of amides is 1. The summed E-state index contributed by atoms with van der Waals surface area (Å²) >= 11 is 0. The van der Waals surface area contributed by atoms with Crippen molar-refractivity contribution < 1.29 is 14.3 Å². The number of nitrogens with zero attached hydrogens (tertiary/aromatic N) is 3. The summed E-state index contributed by atoms with van der Waals surface area (Å²) in [4.78, 5) is 14.5. The maximum Gasteiger partial charge on any atom is 0.257 e.